The molecule has 0 spiro atoms. The van der Waals surface area contributed by atoms with E-state index in [4.69, 9.17) is 9.47 Å². The number of pyridine rings is 1. The first-order valence-corrected chi connectivity index (χ1v) is 8.15. The molecule has 3 rings (SSSR count). The fourth-order valence-corrected chi connectivity index (χ4v) is 3.19. The van der Waals surface area contributed by atoms with Crippen molar-refractivity contribution in [1.29, 1.82) is 0 Å². The summed E-state index contributed by atoms with van der Waals surface area (Å²) >= 11 is 3.48. The van der Waals surface area contributed by atoms with Crippen LogP contribution in [0.4, 0.5) is 5.69 Å². The van der Waals surface area contributed by atoms with E-state index >= 15 is 0 Å². The smallest absolute Gasteiger partial charge is 0.0609 e. The molecule has 0 aliphatic carbocycles. The number of hydrogen-bond donors (Lipinski definition) is 0. The zero-order valence-corrected chi connectivity index (χ0v) is 13.2. The number of ether oxygens (including phenoxy) is 2. The van der Waals surface area contributed by atoms with E-state index in [1.54, 1.807) is 0 Å². The minimum Gasteiger partial charge on any atom is -0.381 e. The van der Waals surface area contributed by atoms with Gasteiger partial charge in [0.15, 0.2) is 0 Å². The molecule has 0 saturated carbocycles. The Morgan fingerprint density at radius 3 is 2.85 bits per heavy atom. The summed E-state index contributed by atoms with van der Waals surface area (Å²) in [4.78, 5) is 6.62. The molecule has 1 unspecified atom stereocenters. The summed E-state index contributed by atoms with van der Waals surface area (Å²) < 4.78 is 12.5. The molecule has 0 amide bonds. The molecule has 2 saturated heterocycles. The highest BCUT2D eigenvalue weighted by Crippen LogP contribution is 2.24. The molecule has 0 bridgehead atoms. The molecular formula is C15H21BrN2O2. The SMILES string of the molecule is Brc1cncc(N2CCC(OCC3CCOC3)CC2)c1. The maximum atomic E-state index is 6.04. The minimum atomic E-state index is 0.409. The molecule has 0 N–H and O–H groups in total. The lowest BCUT2D eigenvalue weighted by molar-refractivity contribution is 0.0131. The average Bonchev–Trinajstić information content (AvgIpc) is 2.99. The summed E-state index contributed by atoms with van der Waals surface area (Å²) in [6, 6.07) is 2.13. The number of anilines is 1. The van der Waals surface area contributed by atoms with Gasteiger partial charge in [-0.1, -0.05) is 0 Å². The van der Waals surface area contributed by atoms with E-state index in [0.29, 0.717) is 12.0 Å². The van der Waals surface area contributed by atoms with Crippen LogP contribution in [-0.2, 0) is 9.47 Å². The van der Waals surface area contributed by atoms with Crippen molar-refractivity contribution < 1.29 is 9.47 Å². The first-order chi connectivity index (χ1) is 9.81. The molecule has 2 aliphatic rings. The quantitative estimate of drug-likeness (QED) is 0.844. The van der Waals surface area contributed by atoms with E-state index in [9.17, 15) is 0 Å². The first-order valence-electron chi connectivity index (χ1n) is 7.36. The van der Waals surface area contributed by atoms with Gasteiger partial charge in [0, 0.05) is 36.3 Å². The van der Waals surface area contributed by atoms with Gasteiger partial charge in [0.05, 0.1) is 31.2 Å². The second-order valence-electron chi connectivity index (χ2n) is 5.61. The second-order valence-corrected chi connectivity index (χ2v) is 6.53. The Balaban J connectivity index is 1.44. The zero-order valence-electron chi connectivity index (χ0n) is 11.6. The Hall–Kier alpha value is -0.650. The summed E-state index contributed by atoms with van der Waals surface area (Å²) in [5.74, 6) is 0.613. The molecule has 1 atom stereocenters. The molecule has 0 aromatic carbocycles. The monoisotopic (exact) mass is 340 g/mol. The van der Waals surface area contributed by atoms with Crippen molar-refractivity contribution in [1.82, 2.24) is 4.98 Å². The van der Waals surface area contributed by atoms with Crippen molar-refractivity contribution >= 4 is 21.6 Å². The maximum absolute atomic E-state index is 6.04. The summed E-state index contributed by atoms with van der Waals surface area (Å²) in [7, 11) is 0. The van der Waals surface area contributed by atoms with Gasteiger partial charge < -0.3 is 14.4 Å². The predicted octanol–water partition coefficient (Wildman–Crippen LogP) is 2.87. The number of piperidine rings is 1. The summed E-state index contributed by atoms with van der Waals surface area (Å²) in [6.45, 7) is 4.74. The Labute approximate surface area is 128 Å². The van der Waals surface area contributed by atoms with E-state index in [-0.39, 0.29) is 0 Å². The molecule has 3 heterocycles. The topological polar surface area (TPSA) is 34.6 Å². The largest absolute Gasteiger partial charge is 0.381 e. The number of hydrogen-bond acceptors (Lipinski definition) is 4. The number of aromatic nitrogens is 1. The van der Waals surface area contributed by atoms with Gasteiger partial charge in [-0.2, -0.15) is 0 Å². The standard InChI is InChI=1S/C15H21BrN2O2/c16-13-7-14(9-17-8-13)18-4-1-15(2-5-18)20-11-12-3-6-19-10-12/h7-9,12,15H,1-6,10-11H2. The van der Waals surface area contributed by atoms with Crippen LogP contribution in [0.5, 0.6) is 0 Å². The number of halogens is 1. The van der Waals surface area contributed by atoms with E-state index in [2.05, 4.69) is 31.9 Å². The van der Waals surface area contributed by atoms with Crippen molar-refractivity contribution in [2.24, 2.45) is 5.92 Å². The van der Waals surface area contributed by atoms with Crippen molar-refractivity contribution in [3.63, 3.8) is 0 Å². The summed E-state index contributed by atoms with van der Waals surface area (Å²) in [5.41, 5.74) is 1.20. The van der Waals surface area contributed by atoms with Crippen molar-refractivity contribution in [2.45, 2.75) is 25.4 Å². The second kappa shape index (κ2) is 6.87. The van der Waals surface area contributed by atoms with Gasteiger partial charge in [-0.15, -0.1) is 0 Å². The third-order valence-electron chi connectivity index (χ3n) is 4.09. The van der Waals surface area contributed by atoms with Crippen LogP contribution >= 0.6 is 15.9 Å². The molecule has 1 aromatic rings. The highest BCUT2D eigenvalue weighted by molar-refractivity contribution is 9.10. The molecule has 2 aliphatic heterocycles. The van der Waals surface area contributed by atoms with Crippen LogP contribution in [0, 0.1) is 5.92 Å². The summed E-state index contributed by atoms with van der Waals surface area (Å²) in [6.07, 6.45) is 7.51. The van der Waals surface area contributed by atoms with Gasteiger partial charge in [0.25, 0.3) is 0 Å². The molecule has 1 aromatic heterocycles. The van der Waals surface area contributed by atoms with E-state index in [0.717, 1.165) is 56.6 Å². The predicted molar refractivity (Wildman–Crippen MR) is 82.1 cm³/mol. The van der Waals surface area contributed by atoms with Crippen molar-refractivity contribution in [3.8, 4) is 0 Å². The fourth-order valence-electron chi connectivity index (χ4n) is 2.84. The van der Waals surface area contributed by atoms with E-state index < -0.39 is 0 Å². The van der Waals surface area contributed by atoms with Crippen LogP contribution in [-0.4, -0.2) is 44.0 Å². The molecule has 0 radical (unpaired) electrons. The van der Waals surface area contributed by atoms with Crippen molar-refractivity contribution in [2.75, 3.05) is 37.8 Å². The van der Waals surface area contributed by atoms with E-state index in [1.807, 2.05) is 12.4 Å². The Bertz CT molecular complexity index is 430. The zero-order chi connectivity index (χ0) is 13.8. The van der Waals surface area contributed by atoms with Gasteiger partial charge in [0.1, 0.15) is 0 Å². The van der Waals surface area contributed by atoms with Crippen LogP contribution in [0.15, 0.2) is 22.9 Å². The lowest BCUT2D eigenvalue weighted by Gasteiger charge is -2.33. The maximum Gasteiger partial charge on any atom is 0.0609 e. The van der Waals surface area contributed by atoms with Gasteiger partial charge >= 0.3 is 0 Å². The molecule has 2 fully saturated rings. The Kier molecular flexibility index (Phi) is 4.91. The van der Waals surface area contributed by atoms with Crippen LogP contribution in [0.2, 0.25) is 0 Å². The number of rotatable bonds is 4. The third kappa shape index (κ3) is 3.71. The normalized spacial score (nSPS) is 24.2. The van der Waals surface area contributed by atoms with Gasteiger partial charge in [-0.3, -0.25) is 4.98 Å². The van der Waals surface area contributed by atoms with Crippen molar-refractivity contribution in [3.05, 3.63) is 22.9 Å². The fraction of sp³-hybridized carbons (Fsp3) is 0.667. The lowest BCUT2D eigenvalue weighted by Crippen LogP contribution is -2.37. The molecular weight excluding hydrogens is 320 g/mol. The third-order valence-corrected chi connectivity index (χ3v) is 4.52. The lowest BCUT2D eigenvalue weighted by atomic mass is 10.1. The Morgan fingerprint density at radius 1 is 1.30 bits per heavy atom. The molecule has 5 heteroatoms. The van der Waals surface area contributed by atoms with Crippen LogP contribution < -0.4 is 4.90 Å². The summed E-state index contributed by atoms with van der Waals surface area (Å²) in [5, 5.41) is 0. The van der Waals surface area contributed by atoms with Gasteiger partial charge in [0.2, 0.25) is 0 Å². The van der Waals surface area contributed by atoms with E-state index in [1.165, 1.54) is 5.69 Å². The van der Waals surface area contributed by atoms with Gasteiger partial charge in [-0.05, 0) is 41.3 Å². The highest BCUT2D eigenvalue weighted by atomic mass is 79.9. The average molecular weight is 341 g/mol. The Morgan fingerprint density at radius 2 is 2.15 bits per heavy atom. The first kappa shape index (κ1) is 14.3. The van der Waals surface area contributed by atoms with Crippen LogP contribution in [0.3, 0.4) is 0 Å². The highest BCUT2D eigenvalue weighted by Gasteiger charge is 2.22. The molecule has 110 valence electrons. The molecule has 4 nitrogen and oxygen atoms in total. The molecule has 20 heavy (non-hydrogen) atoms. The number of nitrogens with zero attached hydrogens (tertiary/aromatic N) is 2. The minimum absolute atomic E-state index is 0.409. The van der Waals surface area contributed by atoms with Gasteiger partial charge in [-0.25, -0.2) is 0 Å². The van der Waals surface area contributed by atoms with Crippen LogP contribution in [0.25, 0.3) is 0 Å². The van der Waals surface area contributed by atoms with Crippen LogP contribution in [0.1, 0.15) is 19.3 Å².